The van der Waals surface area contributed by atoms with Crippen molar-refractivity contribution in [3.63, 3.8) is 0 Å². The van der Waals surface area contributed by atoms with Gasteiger partial charge in [0.15, 0.2) is 0 Å². The van der Waals surface area contributed by atoms with Gasteiger partial charge in [0, 0.05) is 18.7 Å². The molecule has 2 amide bonds. The lowest BCUT2D eigenvalue weighted by atomic mass is 10.0. The summed E-state index contributed by atoms with van der Waals surface area (Å²) in [5.74, 6) is -2.34. The molecule has 1 aromatic heterocycles. The third kappa shape index (κ3) is 3.94. The maximum Gasteiger partial charge on any atom is 0.324 e. The first-order chi connectivity index (χ1) is 13.3. The molecule has 0 saturated carbocycles. The smallest absolute Gasteiger partial charge is 0.324 e. The van der Waals surface area contributed by atoms with Gasteiger partial charge in [-0.1, -0.05) is 12.1 Å². The number of hydrogen-bond donors (Lipinski definition) is 2. The van der Waals surface area contributed by atoms with Crippen molar-refractivity contribution < 1.29 is 18.0 Å². The molecule has 0 aliphatic heterocycles. The molecule has 0 aliphatic rings. The summed E-state index contributed by atoms with van der Waals surface area (Å²) in [6.45, 7) is 0. The van der Waals surface area contributed by atoms with Crippen molar-refractivity contribution in [2.24, 2.45) is 5.73 Å². The number of pyridine rings is 1. The standard InChI is InChI=1S/C19H13BrF3N3O2/c20-16-17(26(19(24)28)15-5-4-13(22)8-14(15)23)11(9-25-18(16)27)6-10-2-1-3-12(21)7-10/h1-5,7-9H,6H2,(H2,24,28)(H,25,27). The topological polar surface area (TPSA) is 79.2 Å². The predicted octanol–water partition coefficient (Wildman–Crippen LogP) is 4.36. The van der Waals surface area contributed by atoms with E-state index < -0.39 is 29.0 Å². The van der Waals surface area contributed by atoms with Crippen molar-refractivity contribution >= 4 is 33.3 Å². The van der Waals surface area contributed by atoms with Crippen LogP contribution in [0.25, 0.3) is 0 Å². The van der Waals surface area contributed by atoms with Crippen LogP contribution in [0, 0.1) is 17.5 Å². The van der Waals surface area contributed by atoms with Gasteiger partial charge in [-0.25, -0.2) is 18.0 Å². The van der Waals surface area contributed by atoms with Gasteiger partial charge in [0.1, 0.15) is 21.9 Å². The van der Waals surface area contributed by atoms with E-state index in [2.05, 4.69) is 20.9 Å². The van der Waals surface area contributed by atoms with E-state index in [1.807, 2.05) is 0 Å². The molecule has 9 heteroatoms. The Labute approximate surface area is 165 Å². The molecule has 2 aromatic carbocycles. The number of primary amides is 1. The molecule has 5 nitrogen and oxygen atoms in total. The molecule has 3 rings (SSSR count). The Morgan fingerprint density at radius 2 is 1.82 bits per heavy atom. The third-order valence-electron chi connectivity index (χ3n) is 3.97. The molecule has 0 bridgehead atoms. The van der Waals surface area contributed by atoms with E-state index in [-0.39, 0.29) is 22.3 Å². The van der Waals surface area contributed by atoms with Crippen molar-refractivity contribution in [1.29, 1.82) is 0 Å². The predicted molar refractivity (Wildman–Crippen MR) is 102 cm³/mol. The second kappa shape index (κ2) is 7.89. The van der Waals surface area contributed by atoms with Crippen molar-refractivity contribution in [2.45, 2.75) is 6.42 Å². The normalized spacial score (nSPS) is 10.7. The fourth-order valence-electron chi connectivity index (χ4n) is 2.79. The summed E-state index contributed by atoms with van der Waals surface area (Å²) < 4.78 is 41.1. The lowest BCUT2D eigenvalue weighted by molar-refractivity contribution is 0.256. The average Bonchev–Trinajstić information content (AvgIpc) is 2.62. The largest absolute Gasteiger partial charge is 0.351 e. The second-order valence-corrected chi connectivity index (χ2v) is 6.67. The van der Waals surface area contributed by atoms with Crippen molar-refractivity contribution in [3.8, 4) is 0 Å². The molecule has 0 spiro atoms. The molecule has 0 saturated heterocycles. The maximum absolute atomic E-state index is 14.4. The molecule has 3 N–H and O–H groups in total. The number of carbonyl (C=O) groups is 1. The molecule has 0 radical (unpaired) electrons. The Balaban J connectivity index is 2.21. The number of amides is 2. The highest BCUT2D eigenvalue weighted by Gasteiger charge is 2.26. The van der Waals surface area contributed by atoms with Crippen LogP contribution in [0.1, 0.15) is 11.1 Å². The van der Waals surface area contributed by atoms with Gasteiger partial charge in [-0.05, 0) is 51.3 Å². The van der Waals surface area contributed by atoms with Gasteiger partial charge in [-0.2, -0.15) is 0 Å². The highest BCUT2D eigenvalue weighted by atomic mass is 79.9. The highest BCUT2D eigenvalue weighted by molar-refractivity contribution is 9.10. The van der Waals surface area contributed by atoms with Gasteiger partial charge in [0.25, 0.3) is 5.56 Å². The first-order valence-corrected chi connectivity index (χ1v) is 8.76. The fraction of sp³-hybridized carbons (Fsp3) is 0.0526. The molecule has 28 heavy (non-hydrogen) atoms. The number of halogens is 4. The number of anilines is 2. The summed E-state index contributed by atoms with van der Waals surface area (Å²) in [4.78, 5) is 27.5. The Morgan fingerprint density at radius 3 is 2.46 bits per heavy atom. The SMILES string of the molecule is NC(=O)N(c1ccc(F)cc1F)c1c(Cc2cccc(F)c2)c[nH]c(=O)c1Br. The van der Waals surface area contributed by atoms with E-state index in [9.17, 15) is 22.8 Å². The van der Waals surface area contributed by atoms with Gasteiger partial charge in [0.2, 0.25) is 0 Å². The van der Waals surface area contributed by atoms with Crippen LogP contribution in [0.5, 0.6) is 0 Å². The minimum atomic E-state index is -1.09. The second-order valence-electron chi connectivity index (χ2n) is 5.88. The number of hydrogen-bond acceptors (Lipinski definition) is 2. The zero-order valence-corrected chi connectivity index (χ0v) is 15.8. The van der Waals surface area contributed by atoms with Gasteiger partial charge in [0.05, 0.1) is 11.4 Å². The van der Waals surface area contributed by atoms with Gasteiger partial charge in [-0.3, -0.25) is 9.69 Å². The van der Waals surface area contributed by atoms with E-state index in [0.29, 0.717) is 17.2 Å². The minimum absolute atomic E-state index is 0.0222. The number of carbonyl (C=O) groups excluding carboxylic acids is 1. The molecule has 1 heterocycles. The van der Waals surface area contributed by atoms with Gasteiger partial charge >= 0.3 is 6.03 Å². The number of nitrogens with one attached hydrogen (secondary N) is 1. The van der Waals surface area contributed by atoms with Crippen LogP contribution in [0.4, 0.5) is 29.3 Å². The quantitative estimate of drug-likeness (QED) is 0.617. The first-order valence-electron chi connectivity index (χ1n) is 7.97. The van der Waals surface area contributed by atoms with Gasteiger partial charge in [-0.15, -0.1) is 0 Å². The van der Waals surface area contributed by atoms with Crippen LogP contribution in [-0.2, 0) is 6.42 Å². The number of rotatable bonds is 4. The minimum Gasteiger partial charge on any atom is -0.351 e. The number of aromatic amines is 1. The Morgan fingerprint density at radius 1 is 1.11 bits per heavy atom. The van der Waals surface area contributed by atoms with E-state index in [1.165, 1.54) is 24.4 Å². The zero-order valence-electron chi connectivity index (χ0n) is 14.2. The number of H-pyrrole nitrogens is 1. The van der Waals surface area contributed by atoms with Crippen LogP contribution in [0.3, 0.4) is 0 Å². The van der Waals surface area contributed by atoms with Crippen LogP contribution in [-0.4, -0.2) is 11.0 Å². The molecule has 0 aliphatic carbocycles. The van der Waals surface area contributed by atoms with Crippen molar-refractivity contribution in [2.75, 3.05) is 4.90 Å². The van der Waals surface area contributed by atoms with Crippen LogP contribution >= 0.6 is 15.9 Å². The highest BCUT2D eigenvalue weighted by Crippen LogP contribution is 2.35. The number of benzene rings is 2. The summed E-state index contributed by atoms with van der Waals surface area (Å²) in [5.41, 5.74) is 5.41. The average molecular weight is 452 g/mol. The number of aromatic nitrogens is 1. The van der Waals surface area contributed by atoms with E-state index in [4.69, 9.17) is 5.73 Å². The molecule has 0 atom stereocenters. The van der Waals surface area contributed by atoms with E-state index in [1.54, 1.807) is 6.07 Å². The Hall–Kier alpha value is -3.07. The maximum atomic E-state index is 14.4. The lowest BCUT2D eigenvalue weighted by Gasteiger charge is -2.25. The number of nitrogens with two attached hydrogens (primary N) is 1. The Bertz CT molecular complexity index is 1120. The van der Waals surface area contributed by atoms with Crippen molar-refractivity contribution in [1.82, 2.24) is 4.98 Å². The molecule has 0 fully saturated rings. The van der Waals surface area contributed by atoms with Gasteiger partial charge < -0.3 is 10.7 Å². The van der Waals surface area contributed by atoms with Crippen LogP contribution in [0.15, 0.2) is 57.9 Å². The third-order valence-corrected chi connectivity index (χ3v) is 4.70. The first kappa shape index (κ1) is 19.7. The number of nitrogens with zero attached hydrogens (tertiary/aromatic N) is 1. The summed E-state index contributed by atoms with van der Waals surface area (Å²) in [6, 6.07) is 7.23. The number of urea groups is 1. The van der Waals surface area contributed by atoms with Crippen LogP contribution < -0.4 is 16.2 Å². The summed E-state index contributed by atoms with van der Waals surface area (Å²) >= 11 is 3.10. The van der Waals surface area contributed by atoms with E-state index >= 15 is 0 Å². The molecular weight excluding hydrogens is 439 g/mol. The summed E-state index contributed by atoms with van der Waals surface area (Å²) in [5, 5.41) is 0. The summed E-state index contributed by atoms with van der Waals surface area (Å²) in [6.07, 6.45) is 1.43. The van der Waals surface area contributed by atoms with E-state index in [0.717, 1.165) is 17.0 Å². The summed E-state index contributed by atoms with van der Waals surface area (Å²) in [7, 11) is 0. The lowest BCUT2D eigenvalue weighted by Crippen LogP contribution is -2.34. The Kier molecular flexibility index (Phi) is 5.55. The molecule has 144 valence electrons. The van der Waals surface area contributed by atoms with Crippen molar-refractivity contribution in [3.05, 3.63) is 92.1 Å². The van der Waals surface area contributed by atoms with Crippen LogP contribution in [0.2, 0.25) is 0 Å². The fourth-order valence-corrected chi connectivity index (χ4v) is 3.33. The molecule has 3 aromatic rings. The monoisotopic (exact) mass is 451 g/mol. The molecule has 0 unspecified atom stereocenters. The molecular formula is C19H13BrF3N3O2. The zero-order chi connectivity index (χ0) is 20.4.